The van der Waals surface area contributed by atoms with Crippen LogP contribution >= 0.6 is 0 Å². The third-order valence-electron chi connectivity index (χ3n) is 2.95. The van der Waals surface area contributed by atoms with Crippen LogP contribution < -0.4 is 9.64 Å². The van der Waals surface area contributed by atoms with Gasteiger partial charge in [-0.15, -0.1) is 0 Å². The fourth-order valence-corrected chi connectivity index (χ4v) is 2.27. The number of aromatic nitrogens is 1. The fourth-order valence-electron chi connectivity index (χ4n) is 2.27. The molecule has 4 heteroatoms. The van der Waals surface area contributed by atoms with Crippen molar-refractivity contribution in [3.8, 4) is 5.75 Å². The van der Waals surface area contributed by atoms with Crippen LogP contribution in [-0.4, -0.2) is 24.9 Å². The molecule has 1 aliphatic heterocycles. The third-order valence-corrected chi connectivity index (χ3v) is 2.95. The van der Waals surface area contributed by atoms with Gasteiger partial charge >= 0.3 is 0 Å². The van der Waals surface area contributed by atoms with Gasteiger partial charge in [-0.3, -0.25) is 0 Å². The SMILES string of the molecule is CC(C)CN1CCOc2cccc3onc1c23. The van der Waals surface area contributed by atoms with E-state index >= 15 is 0 Å². The summed E-state index contributed by atoms with van der Waals surface area (Å²) < 4.78 is 11.1. The van der Waals surface area contributed by atoms with E-state index in [9.17, 15) is 0 Å². The molecule has 0 unspecified atom stereocenters. The Bertz CT molecular complexity index is 533. The maximum Gasteiger partial charge on any atom is 0.183 e. The number of anilines is 1. The molecule has 0 aliphatic carbocycles. The van der Waals surface area contributed by atoms with E-state index in [4.69, 9.17) is 9.26 Å². The summed E-state index contributed by atoms with van der Waals surface area (Å²) >= 11 is 0. The van der Waals surface area contributed by atoms with E-state index < -0.39 is 0 Å². The van der Waals surface area contributed by atoms with Gasteiger partial charge in [0.15, 0.2) is 11.4 Å². The van der Waals surface area contributed by atoms with E-state index in [1.54, 1.807) is 0 Å². The van der Waals surface area contributed by atoms with Gasteiger partial charge in [0, 0.05) is 6.54 Å². The molecule has 0 amide bonds. The lowest BCUT2D eigenvalue weighted by atomic mass is 10.2. The predicted octanol–water partition coefficient (Wildman–Crippen LogP) is 2.68. The summed E-state index contributed by atoms with van der Waals surface area (Å²) in [6, 6.07) is 5.84. The topological polar surface area (TPSA) is 38.5 Å². The highest BCUT2D eigenvalue weighted by Gasteiger charge is 2.22. The minimum atomic E-state index is 0.590. The summed E-state index contributed by atoms with van der Waals surface area (Å²) in [6.07, 6.45) is 0. The Kier molecular flexibility index (Phi) is 2.42. The molecule has 90 valence electrons. The van der Waals surface area contributed by atoms with Gasteiger partial charge in [-0.1, -0.05) is 25.1 Å². The van der Waals surface area contributed by atoms with Crippen molar-refractivity contribution in [2.75, 3.05) is 24.6 Å². The molecule has 4 nitrogen and oxygen atoms in total. The molecular weight excluding hydrogens is 216 g/mol. The minimum absolute atomic E-state index is 0.590. The second-order valence-corrected chi connectivity index (χ2v) is 4.82. The van der Waals surface area contributed by atoms with Gasteiger partial charge in [0.05, 0.1) is 6.54 Å². The summed E-state index contributed by atoms with van der Waals surface area (Å²) in [4.78, 5) is 2.24. The normalized spacial score (nSPS) is 15.1. The van der Waals surface area contributed by atoms with E-state index in [0.29, 0.717) is 12.5 Å². The van der Waals surface area contributed by atoms with Crippen LogP contribution in [0, 0.1) is 5.92 Å². The van der Waals surface area contributed by atoms with Crippen molar-refractivity contribution in [2.45, 2.75) is 13.8 Å². The van der Waals surface area contributed by atoms with Gasteiger partial charge < -0.3 is 14.2 Å². The Morgan fingerprint density at radius 1 is 1.41 bits per heavy atom. The van der Waals surface area contributed by atoms with Crippen molar-refractivity contribution < 1.29 is 9.26 Å². The molecule has 0 bridgehead atoms. The highest BCUT2D eigenvalue weighted by molar-refractivity contribution is 5.94. The van der Waals surface area contributed by atoms with E-state index in [-0.39, 0.29) is 0 Å². The molecular formula is C13H16N2O2. The number of hydrogen-bond donors (Lipinski definition) is 0. The standard InChI is InChI=1S/C13H16N2O2/c1-9(2)8-15-6-7-16-10-4-3-5-11-12(10)13(15)14-17-11/h3-5,9H,6-8H2,1-2H3. The zero-order valence-electron chi connectivity index (χ0n) is 10.1. The Labute approximate surface area is 100 Å². The summed E-state index contributed by atoms with van der Waals surface area (Å²) in [7, 11) is 0. The highest BCUT2D eigenvalue weighted by Crippen LogP contribution is 2.36. The first-order valence-electron chi connectivity index (χ1n) is 6.02. The van der Waals surface area contributed by atoms with E-state index in [1.165, 1.54) is 0 Å². The zero-order valence-corrected chi connectivity index (χ0v) is 10.1. The lowest BCUT2D eigenvalue weighted by Crippen LogP contribution is -2.31. The molecule has 0 fully saturated rings. The Morgan fingerprint density at radius 3 is 3.12 bits per heavy atom. The largest absolute Gasteiger partial charge is 0.491 e. The molecule has 1 aliphatic rings. The van der Waals surface area contributed by atoms with Crippen molar-refractivity contribution in [2.24, 2.45) is 5.92 Å². The number of ether oxygens (including phenoxy) is 1. The smallest absolute Gasteiger partial charge is 0.183 e. The second-order valence-electron chi connectivity index (χ2n) is 4.82. The summed E-state index contributed by atoms with van der Waals surface area (Å²) in [6.45, 7) is 6.93. The first-order chi connectivity index (χ1) is 8.25. The maximum absolute atomic E-state index is 5.75. The average molecular weight is 232 g/mol. The first kappa shape index (κ1) is 10.4. The Balaban J connectivity index is 2.12. The maximum atomic E-state index is 5.75. The van der Waals surface area contributed by atoms with Crippen LogP contribution in [0.5, 0.6) is 5.75 Å². The minimum Gasteiger partial charge on any atom is -0.491 e. The molecule has 2 aromatic rings. The van der Waals surface area contributed by atoms with Gasteiger partial charge in [-0.2, -0.15) is 0 Å². The van der Waals surface area contributed by atoms with Gasteiger partial charge in [-0.05, 0) is 18.1 Å². The zero-order chi connectivity index (χ0) is 11.8. The van der Waals surface area contributed by atoms with Crippen molar-refractivity contribution in [3.63, 3.8) is 0 Å². The first-order valence-corrected chi connectivity index (χ1v) is 6.02. The lowest BCUT2D eigenvalue weighted by Gasteiger charge is -2.21. The van der Waals surface area contributed by atoms with Gasteiger partial charge in [0.25, 0.3) is 0 Å². The van der Waals surface area contributed by atoms with Crippen LogP contribution in [0.25, 0.3) is 11.0 Å². The summed E-state index contributed by atoms with van der Waals surface area (Å²) in [5, 5.41) is 5.20. The second kappa shape index (κ2) is 3.95. The molecule has 1 aromatic carbocycles. The van der Waals surface area contributed by atoms with E-state index in [0.717, 1.165) is 35.6 Å². The van der Waals surface area contributed by atoms with Crippen molar-refractivity contribution in [3.05, 3.63) is 18.2 Å². The number of hydrogen-bond acceptors (Lipinski definition) is 4. The fraction of sp³-hybridized carbons (Fsp3) is 0.462. The molecule has 1 aromatic heterocycles. The number of nitrogens with zero attached hydrogens (tertiary/aromatic N) is 2. The molecule has 0 atom stereocenters. The predicted molar refractivity (Wildman–Crippen MR) is 66.6 cm³/mol. The molecule has 17 heavy (non-hydrogen) atoms. The Morgan fingerprint density at radius 2 is 2.29 bits per heavy atom. The highest BCUT2D eigenvalue weighted by atomic mass is 16.5. The average Bonchev–Trinajstić information content (AvgIpc) is 2.63. The van der Waals surface area contributed by atoms with Gasteiger partial charge in [0.1, 0.15) is 17.7 Å². The van der Waals surface area contributed by atoms with E-state index in [2.05, 4.69) is 23.9 Å². The van der Waals surface area contributed by atoms with Crippen molar-refractivity contribution in [1.29, 1.82) is 0 Å². The molecule has 0 saturated carbocycles. The van der Waals surface area contributed by atoms with Crippen LogP contribution in [0.2, 0.25) is 0 Å². The van der Waals surface area contributed by atoms with Crippen molar-refractivity contribution >= 4 is 16.8 Å². The van der Waals surface area contributed by atoms with Gasteiger partial charge in [-0.25, -0.2) is 0 Å². The Hall–Kier alpha value is -1.71. The third kappa shape index (κ3) is 1.73. The van der Waals surface area contributed by atoms with Crippen LogP contribution in [0.3, 0.4) is 0 Å². The van der Waals surface area contributed by atoms with Crippen LogP contribution in [0.15, 0.2) is 22.7 Å². The molecule has 0 saturated heterocycles. The van der Waals surface area contributed by atoms with Gasteiger partial charge in [0.2, 0.25) is 0 Å². The molecule has 0 radical (unpaired) electrons. The molecule has 0 spiro atoms. The summed E-state index contributed by atoms with van der Waals surface area (Å²) in [5.74, 6) is 2.39. The van der Waals surface area contributed by atoms with Crippen LogP contribution in [0.4, 0.5) is 5.82 Å². The lowest BCUT2D eigenvalue weighted by molar-refractivity contribution is 0.327. The molecule has 3 rings (SSSR count). The van der Waals surface area contributed by atoms with Crippen LogP contribution in [0.1, 0.15) is 13.8 Å². The van der Waals surface area contributed by atoms with E-state index in [1.807, 2.05) is 18.2 Å². The quantitative estimate of drug-likeness (QED) is 0.798. The molecule has 2 heterocycles. The summed E-state index contributed by atoms with van der Waals surface area (Å²) in [5.41, 5.74) is 0.799. The number of rotatable bonds is 2. The monoisotopic (exact) mass is 232 g/mol. The van der Waals surface area contributed by atoms with Crippen molar-refractivity contribution in [1.82, 2.24) is 5.16 Å². The number of benzene rings is 1. The van der Waals surface area contributed by atoms with Crippen LogP contribution in [-0.2, 0) is 0 Å². The molecule has 0 N–H and O–H groups in total.